The van der Waals surface area contributed by atoms with Crippen molar-refractivity contribution in [2.75, 3.05) is 19.7 Å². The highest BCUT2D eigenvalue weighted by molar-refractivity contribution is 5.93. The van der Waals surface area contributed by atoms with Gasteiger partial charge in [0.2, 0.25) is 5.76 Å². The molecule has 1 aliphatic rings. The Morgan fingerprint density at radius 2 is 2.14 bits per heavy atom. The largest absolute Gasteiger partial charge is 0.483 e. The maximum absolute atomic E-state index is 13.5. The fraction of sp³-hybridized carbons (Fsp3) is 0.211. The van der Waals surface area contributed by atoms with Crippen molar-refractivity contribution < 1.29 is 27.7 Å². The second-order valence-electron chi connectivity index (χ2n) is 6.17. The number of carbonyl (C=O) groups excluding carboxylic acids is 2. The number of amides is 2. The van der Waals surface area contributed by atoms with Crippen molar-refractivity contribution in [3.8, 4) is 17.3 Å². The quantitative estimate of drug-likeness (QED) is 0.723. The maximum atomic E-state index is 13.5. The molecule has 0 aliphatic carbocycles. The number of benzene rings is 1. The molecule has 0 atom stereocenters. The van der Waals surface area contributed by atoms with E-state index in [9.17, 15) is 14.0 Å². The van der Waals surface area contributed by atoms with Crippen molar-refractivity contribution in [2.45, 2.75) is 6.54 Å². The lowest BCUT2D eigenvalue weighted by Gasteiger charge is -2.20. The summed E-state index contributed by atoms with van der Waals surface area (Å²) in [6.07, 6.45) is 1.49. The van der Waals surface area contributed by atoms with Crippen LogP contribution in [0.15, 0.2) is 51.6 Å². The molecule has 3 heterocycles. The van der Waals surface area contributed by atoms with Gasteiger partial charge >= 0.3 is 0 Å². The van der Waals surface area contributed by atoms with Crippen LogP contribution >= 0.6 is 0 Å². The molecule has 0 saturated carbocycles. The highest BCUT2D eigenvalue weighted by Crippen LogP contribution is 2.24. The van der Waals surface area contributed by atoms with Gasteiger partial charge < -0.3 is 23.9 Å². The van der Waals surface area contributed by atoms with Gasteiger partial charge in [-0.1, -0.05) is 5.16 Å². The first-order valence-corrected chi connectivity index (χ1v) is 8.58. The Bertz CT molecular complexity index is 999. The number of aromatic nitrogens is 1. The average molecular weight is 385 g/mol. The first-order chi connectivity index (χ1) is 13.6. The van der Waals surface area contributed by atoms with Crippen LogP contribution in [0.25, 0.3) is 11.5 Å². The van der Waals surface area contributed by atoms with E-state index in [0.717, 1.165) is 0 Å². The van der Waals surface area contributed by atoms with Crippen molar-refractivity contribution in [3.05, 3.63) is 59.7 Å². The summed E-state index contributed by atoms with van der Waals surface area (Å²) in [7, 11) is 0. The number of nitrogens with zero attached hydrogens (tertiary/aromatic N) is 2. The molecule has 2 aromatic heterocycles. The summed E-state index contributed by atoms with van der Waals surface area (Å²) in [5, 5.41) is 6.40. The van der Waals surface area contributed by atoms with E-state index in [0.29, 0.717) is 22.8 Å². The lowest BCUT2D eigenvalue weighted by molar-refractivity contribution is -0.133. The minimum atomic E-state index is -0.438. The molecule has 0 spiro atoms. The molecule has 4 rings (SSSR count). The molecule has 0 saturated heterocycles. The summed E-state index contributed by atoms with van der Waals surface area (Å²) in [5.41, 5.74) is 0.682. The minimum Gasteiger partial charge on any atom is -0.483 e. The van der Waals surface area contributed by atoms with E-state index in [4.69, 9.17) is 13.7 Å². The zero-order chi connectivity index (χ0) is 19.5. The van der Waals surface area contributed by atoms with E-state index in [1.807, 2.05) is 0 Å². The number of hydrogen-bond acceptors (Lipinski definition) is 6. The van der Waals surface area contributed by atoms with E-state index < -0.39 is 11.7 Å². The van der Waals surface area contributed by atoms with E-state index in [1.54, 1.807) is 12.1 Å². The number of fused-ring (bicyclic) bond motifs is 1. The van der Waals surface area contributed by atoms with Gasteiger partial charge in [-0.15, -0.1) is 0 Å². The summed E-state index contributed by atoms with van der Waals surface area (Å²) in [5.74, 6) is 0.206. The topological polar surface area (TPSA) is 97.8 Å². The van der Waals surface area contributed by atoms with Gasteiger partial charge in [0.25, 0.3) is 11.8 Å². The highest BCUT2D eigenvalue weighted by atomic mass is 19.1. The third-order valence-electron chi connectivity index (χ3n) is 4.26. The molecular formula is C19H16FN3O5. The van der Waals surface area contributed by atoms with Crippen LogP contribution in [0.2, 0.25) is 0 Å². The Morgan fingerprint density at radius 3 is 2.96 bits per heavy atom. The molecule has 9 heteroatoms. The maximum Gasteiger partial charge on any atom is 0.273 e. The third-order valence-corrected chi connectivity index (χ3v) is 4.26. The zero-order valence-corrected chi connectivity index (χ0v) is 14.7. The standard InChI is InChI=1S/C19H16FN3O5/c20-13-3-4-15-12(8-13)10-23(18(24)11-27-15)6-5-21-19(25)14-9-17(28-22-14)16-2-1-7-26-16/h1-4,7-9H,5-6,10-11H2,(H,21,25). The van der Waals surface area contributed by atoms with Gasteiger partial charge in [-0.05, 0) is 30.3 Å². The summed E-state index contributed by atoms with van der Waals surface area (Å²) < 4.78 is 29.1. The van der Waals surface area contributed by atoms with Gasteiger partial charge in [-0.3, -0.25) is 9.59 Å². The Kier molecular flexibility index (Phi) is 4.79. The monoisotopic (exact) mass is 385 g/mol. The minimum absolute atomic E-state index is 0.101. The van der Waals surface area contributed by atoms with Crippen molar-refractivity contribution in [1.82, 2.24) is 15.4 Å². The van der Waals surface area contributed by atoms with E-state index in [2.05, 4.69) is 10.5 Å². The van der Waals surface area contributed by atoms with Crippen LogP contribution in [0, 0.1) is 5.82 Å². The lowest BCUT2D eigenvalue weighted by Crippen LogP contribution is -2.39. The lowest BCUT2D eigenvalue weighted by atomic mass is 10.2. The Morgan fingerprint density at radius 1 is 1.25 bits per heavy atom. The van der Waals surface area contributed by atoms with Crippen LogP contribution in [-0.2, 0) is 11.3 Å². The molecule has 8 nitrogen and oxygen atoms in total. The Labute approximate surface area is 158 Å². The number of carbonyl (C=O) groups is 2. The molecule has 144 valence electrons. The SMILES string of the molecule is O=C(NCCN1Cc2cc(F)ccc2OCC1=O)c1cc(-c2ccco2)on1. The summed E-state index contributed by atoms with van der Waals surface area (Å²) >= 11 is 0. The molecule has 1 aromatic carbocycles. The molecular weight excluding hydrogens is 369 g/mol. The predicted molar refractivity (Wildman–Crippen MR) is 93.9 cm³/mol. The number of furan rings is 1. The fourth-order valence-corrected chi connectivity index (χ4v) is 2.85. The fourth-order valence-electron chi connectivity index (χ4n) is 2.85. The van der Waals surface area contributed by atoms with E-state index in [-0.39, 0.29) is 37.8 Å². The van der Waals surface area contributed by atoms with Gasteiger partial charge in [-0.25, -0.2) is 4.39 Å². The van der Waals surface area contributed by atoms with Crippen LogP contribution in [-0.4, -0.2) is 41.6 Å². The van der Waals surface area contributed by atoms with Crippen LogP contribution < -0.4 is 10.1 Å². The molecule has 0 radical (unpaired) electrons. The molecule has 3 aromatic rings. The molecule has 1 N–H and O–H groups in total. The number of rotatable bonds is 5. The highest BCUT2D eigenvalue weighted by Gasteiger charge is 2.22. The summed E-state index contributed by atoms with van der Waals surface area (Å²) in [6, 6.07) is 8.99. The molecule has 28 heavy (non-hydrogen) atoms. The normalized spacial score (nSPS) is 13.6. The summed E-state index contributed by atoms with van der Waals surface area (Å²) in [6.45, 7) is 0.502. The van der Waals surface area contributed by atoms with Crippen molar-refractivity contribution in [3.63, 3.8) is 0 Å². The molecule has 2 amide bonds. The van der Waals surface area contributed by atoms with E-state index in [1.165, 1.54) is 35.4 Å². The first kappa shape index (κ1) is 17.8. The van der Waals surface area contributed by atoms with Gasteiger partial charge in [-0.2, -0.15) is 0 Å². The predicted octanol–water partition coefficient (Wildman–Crippen LogP) is 2.22. The van der Waals surface area contributed by atoms with Crippen molar-refractivity contribution >= 4 is 11.8 Å². The first-order valence-electron chi connectivity index (χ1n) is 8.58. The molecule has 1 aliphatic heterocycles. The smallest absolute Gasteiger partial charge is 0.273 e. The molecule has 0 unspecified atom stereocenters. The van der Waals surface area contributed by atoms with Crippen LogP contribution in [0.4, 0.5) is 4.39 Å². The molecule has 0 bridgehead atoms. The Hall–Kier alpha value is -3.62. The van der Waals surface area contributed by atoms with Crippen molar-refractivity contribution in [2.24, 2.45) is 0 Å². The number of hydrogen-bond donors (Lipinski definition) is 1. The van der Waals surface area contributed by atoms with Crippen molar-refractivity contribution in [1.29, 1.82) is 0 Å². The molecule has 0 fully saturated rings. The second kappa shape index (κ2) is 7.55. The van der Waals surface area contributed by atoms with Crippen LogP contribution in [0.1, 0.15) is 16.1 Å². The third kappa shape index (κ3) is 3.73. The van der Waals surface area contributed by atoms with Gasteiger partial charge in [0, 0.05) is 31.3 Å². The summed E-state index contributed by atoms with van der Waals surface area (Å²) in [4.78, 5) is 25.9. The van der Waals surface area contributed by atoms with Crippen LogP contribution in [0.3, 0.4) is 0 Å². The van der Waals surface area contributed by atoms with E-state index >= 15 is 0 Å². The number of ether oxygens (including phenoxy) is 1. The number of nitrogens with one attached hydrogen (secondary N) is 1. The van der Waals surface area contributed by atoms with Crippen LogP contribution in [0.5, 0.6) is 5.75 Å². The van der Waals surface area contributed by atoms with Gasteiger partial charge in [0.1, 0.15) is 11.6 Å². The van der Waals surface area contributed by atoms with Gasteiger partial charge in [0.15, 0.2) is 18.1 Å². The zero-order valence-electron chi connectivity index (χ0n) is 14.7. The Balaban J connectivity index is 1.35. The number of halogens is 1. The van der Waals surface area contributed by atoms with Gasteiger partial charge in [0.05, 0.1) is 6.26 Å². The second-order valence-corrected chi connectivity index (χ2v) is 6.17. The average Bonchev–Trinajstić information content (AvgIpc) is 3.35.